The summed E-state index contributed by atoms with van der Waals surface area (Å²) in [5.41, 5.74) is 1.93. The minimum Gasteiger partial charge on any atom is -0.355 e. The summed E-state index contributed by atoms with van der Waals surface area (Å²) >= 11 is 1.45. The van der Waals surface area contributed by atoms with Gasteiger partial charge in [-0.05, 0) is 68.4 Å². The van der Waals surface area contributed by atoms with Crippen molar-refractivity contribution in [3.8, 4) is 0 Å². The van der Waals surface area contributed by atoms with Crippen LogP contribution in [-0.2, 0) is 22.9 Å². The molecule has 7 nitrogen and oxygen atoms in total. The zero-order chi connectivity index (χ0) is 22.9. The summed E-state index contributed by atoms with van der Waals surface area (Å²) in [5.74, 6) is -0.559. The molecule has 0 unspecified atom stereocenters. The van der Waals surface area contributed by atoms with Gasteiger partial charge in [-0.25, -0.2) is 8.42 Å². The average molecular weight is 476 g/mol. The minimum atomic E-state index is -3.59. The molecule has 2 amide bonds. The molecule has 172 valence electrons. The fraction of sp³-hybridized carbons (Fsp3) is 0.478. The highest BCUT2D eigenvalue weighted by Gasteiger charge is 2.32. The fourth-order valence-electron chi connectivity index (χ4n) is 4.64. The Bertz CT molecular complexity index is 1120. The Hall–Kier alpha value is -2.23. The molecule has 4 rings (SSSR count). The van der Waals surface area contributed by atoms with E-state index in [1.165, 1.54) is 35.6 Å². The van der Waals surface area contributed by atoms with E-state index in [0.29, 0.717) is 22.7 Å². The molecule has 2 aromatic rings. The number of piperidine rings is 1. The molecule has 1 atom stereocenters. The summed E-state index contributed by atoms with van der Waals surface area (Å²) in [7, 11) is -2.01. The minimum absolute atomic E-state index is 0.0284. The second-order valence-electron chi connectivity index (χ2n) is 8.29. The van der Waals surface area contributed by atoms with Crippen LogP contribution in [0.4, 0.5) is 5.00 Å². The maximum absolute atomic E-state index is 13.1. The van der Waals surface area contributed by atoms with Gasteiger partial charge in [0.25, 0.3) is 11.8 Å². The molecule has 32 heavy (non-hydrogen) atoms. The van der Waals surface area contributed by atoms with Gasteiger partial charge >= 0.3 is 0 Å². The Balaban J connectivity index is 1.54. The van der Waals surface area contributed by atoms with E-state index in [-0.39, 0.29) is 22.8 Å². The molecule has 1 aliphatic heterocycles. The van der Waals surface area contributed by atoms with Crippen molar-refractivity contribution >= 4 is 38.2 Å². The first-order valence-electron chi connectivity index (χ1n) is 11.2. The van der Waals surface area contributed by atoms with E-state index in [0.717, 1.165) is 55.4 Å². The highest BCUT2D eigenvalue weighted by atomic mass is 32.2. The summed E-state index contributed by atoms with van der Waals surface area (Å²) in [4.78, 5) is 26.6. The predicted molar refractivity (Wildman–Crippen MR) is 126 cm³/mol. The molecule has 1 fully saturated rings. The quantitative estimate of drug-likeness (QED) is 0.664. The SMILES string of the molecule is CC[C@@H]1CCCCN1S(=O)(=O)c1ccc(C(=O)Nc2sc3c(c2C(=O)NC)CCC3)cc1. The molecular formula is C23H29N3O4S2. The Kier molecular flexibility index (Phi) is 6.69. The number of rotatable bonds is 6. The standard InChI is InChI=1S/C23H29N3O4S2/c1-3-16-7-4-5-14-26(16)32(29,30)17-12-10-15(11-13-17)21(27)25-23-20(22(28)24-2)18-8-6-9-19(18)31-23/h10-13,16H,3-9,14H2,1-2H3,(H,24,28)(H,25,27)/t16-/m1/s1. The predicted octanol–water partition coefficient (Wildman–Crippen LogP) is 3.80. The maximum Gasteiger partial charge on any atom is 0.256 e. The van der Waals surface area contributed by atoms with Crippen molar-refractivity contribution in [3.63, 3.8) is 0 Å². The van der Waals surface area contributed by atoms with Crippen LogP contribution < -0.4 is 10.6 Å². The Morgan fingerprint density at radius 2 is 1.84 bits per heavy atom. The smallest absolute Gasteiger partial charge is 0.256 e. The van der Waals surface area contributed by atoms with Crippen molar-refractivity contribution in [2.75, 3.05) is 18.9 Å². The summed E-state index contributed by atoms with van der Waals surface area (Å²) in [6, 6.07) is 6.10. The Morgan fingerprint density at radius 1 is 1.09 bits per heavy atom. The Labute approximate surface area is 193 Å². The van der Waals surface area contributed by atoms with E-state index in [4.69, 9.17) is 0 Å². The van der Waals surface area contributed by atoms with Crippen molar-refractivity contribution in [2.45, 2.75) is 62.8 Å². The van der Waals surface area contributed by atoms with E-state index < -0.39 is 10.0 Å². The van der Waals surface area contributed by atoms with Gasteiger partial charge in [0.1, 0.15) is 5.00 Å². The van der Waals surface area contributed by atoms with Crippen LogP contribution in [0.1, 0.15) is 70.2 Å². The first-order valence-corrected chi connectivity index (χ1v) is 13.4. The van der Waals surface area contributed by atoms with Gasteiger partial charge in [-0.3, -0.25) is 9.59 Å². The third kappa shape index (κ3) is 4.21. The monoisotopic (exact) mass is 475 g/mol. The molecule has 1 aliphatic carbocycles. The number of hydrogen-bond acceptors (Lipinski definition) is 5. The number of benzene rings is 1. The molecule has 1 aromatic carbocycles. The molecule has 0 radical (unpaired) electrons. The zero-order valence-corrected chi connectivity index (χ0v) is 20.1. The van der Waals surface area contributed by atoms with Gasteiger partial charge in [-0.1, -0.05) is 13.3 Å². The van der Waals surface area contributed by atoms with Crippen molar-refractivity contribution in [1.29, 1.82) is 0 Å². The number of amides is 2. The van der Waals surface area contributed by atoms with Crippen molar-refractivity contribution < 1.29 is 18.0 Å². The largest absolute Gasteiger partial charge is 0.355 e. The molecule has 0 bridgehead atoms. The highest BCUT2D eigenvalue weighted by Crippen LogP contribution is 2.39. The van der Waals surface area contributed by atoms with Crippen LogP contribution >= 0.6 is 11.3 Å². The number of anilines is 1. The van der Waals surface area contributed by atoms with E-state index >= 15 is 0 Å². The zero-order valence-electron chi connectivity index (χ0n) is 18.4. The lowest BCUT2D eigenvalue weighted by Crippen LogP contribution is -2.43. The number of aryl methyl sites for hydroxylation is 1. The molecule has 1 aromatic heterocycles. The molecule has 9 heteroatoms. The number of thiophene rings is 1. The number of sulfonamides is 1. The number of nitrogens with zero attached hydrogens (tertiary/aromatic N) is 1. The van der Waals surface area contributed by atoms with Crippen LogP contribution in [-0.4, -0.2) is 44.2 Å². The second-order valence-corrected chi connectivity index (χ2v) is 11.3. The first kappa shape index (κ1) is 22.9. The lowest BCUT2D eigenvalue weighted by atomic mass is 10.0. The van der Waals surface area contributed by atoms with Crippen molar-refractivity contribution in [3.05, 3.63) is 45.8 Å². The highest BCUT2D eigenvalue weighted by molar-refractivity contribution is 7.89. The van der Waals surface area contributed by atoms with Crippen LogP contribution in [0.5, 0.6) is 0 Å². The van der Waals surface area contributed by atoms with Gasteiger partial charge in [-0.15, -0.1) is 11.3 Å². The third-order valence-electron chi connectivity index (χ3n) is 6.37. The van der Waals surface area contributed by atoms with Gasteiger partial charge in [0.15, 0.2) is 0 Å². The number of carbonyl (C=O) groups is 2. The van der Waals surface area contributed by atoms with E-state index in [9.17, 15) is 18.0 Å². The summed E-state index contributed by atoms with van der Waals surface area (Å²) in [6.07, 6.45) is 6.37. The fourth-order valence-corrected chi connectivity index (χ4v) is 7.69. The van der Waals surface area contributed by atoms with Crippen LogP contribution in [0.15, 0.2) is 29.2 Å². The van der Waals surface area contributed by atoms with Gasteiger partial charge in [0.2, 0.25) is 10.0 Å². The van der Waals surface area contributed by atoms with E-state index in [1.54, 1.807) is 11.4 Å². The van der Waals surface area contributed by atoms with Gasteiger partial charge in [-0.2, -0.15) is 4.31 Å². The van der Waals surface area contributed by atoms with Gasteiger partial charge < -0.3 is 10.6 Å². The normalized spacial score (nSPS) is 18.9. The average Bonchev–Trinajstić information content (AvgIpc) is 3.39. The molecule has 2 heterocycles. The van der Waals surface area contributed by atoms with Crippen molar-refractivity contribution in [2.24, 2.45) is 0 Å². The topological polar surface area (TPSA) is 95.6 Å². The summed E-state index contributed by atoms with van der Waals surface area (Å²) < 4.78 is 27.9. The number of hydrogen-bond donors (Lipinski definition) is 2. The number of nitrogens with one attached hydrogen (secondary N) is 2. The molecule has 2 N–H and O–H groups in total. The first-order chi connectivity index (χ1) is 15.4. The van der Waals surface area contributed by atoms with Gasteiger partial charge in [0.05, 0.1) is 10.5 Å². The lowest BCUT2D eigenvalue weighted by molar-refractivity contribution is 0.0963. The molecule has 1 saturated heterocycles. The van der Waals surface area contributed by atoms with Crippen LogP contribution in [0.25, 0.3) is 0 Å². The molecule has 0 spiro atoms. The summed E-state index contributed by atoms with van der Waals surface area (Å²) in [5, 5.41) is 6.08. The third-order valence-corrected chi connectivity index (χ3v) is 9.54. The molecule has 2 aliphatic rings. The molecular weight excluding hydrogens is 446 g/mol. The van der Waals surface area contributed by atoms with Crippen molar-refractivity contribution in [1.82, 2.24) is 9.62 Å². The van der Waals surface area contributed by atoms with Crippen LogP contribution in [0, 0.1) is 0 Å². The lowest BCUT2D eigenvalue weighted by Gasteiger charge is -2.34. The maximum atomic E-state index is 13.1. The summed E-state index contributed by atoms with van der Waals surface area (Å²) in [6.45, 7) is 2.55. The van der Waals surface area contributed by atoms with Gasteiger partial charge in [0, 0.05) is 30.1 Å². The second kappa shape index (κ2) is 9.33. The number of carbonyl (C=O) groups excluding carboxylic acids is 2. The molecule has 0 saturated carbocycles. The van der Waals surface area contributed by atoms with Crippen LogP contribution in [0.3, 0.4) is 0 Å². The Morgan fingerprint density at radius 3 is 2.53 bits per heavy atom. The van der Waals surface area contributed by atoms with Crippen LogP contribution in [0.2, 0.25) is 0 Å². The van der Waals surface area contributed by atoms with E-state index in [2.05, 4.69) is 10.6 Å². The number of fused-ring (bicyclic) bond motifs is 1. The van der Waals surface area contributed by atoms with E-state index in [1.807, 2.05) is 6.92 Å².